The van der Waals surface area contributed by atoms with Gasteiger partial charge in [-0.3, -0.25) is 5.10 Å². The van der Waals surface area contributed by atoms with Crippen LogP contribution in [-0.4, -0.2) is 41.9 Å². The van der Waals surface area contributed by atoms with Crippen molar-refractivity contribution in [3.63, 3.8) is 0 Å². The third kappa shape index (κ3) is 3.19. The summed E-state index contributed by atoms with van der Waals surface area (Å²) in [5, 5.41) is 12.8. The van der Waals surface area contributed by atoms with Crippen molar-refractivity contribution in [1.82, 2.24) is 20.5 Å². The third-order valence-electron chi connectivity index (χ3n) is 3.83. The summed E-state index contributed by atoms with van der Waals surface area (Å²) in [5.41, 5.74) is 0. The van der Waals surface area contributed by atoms with E-state index in [-0.39, 0.29) is 0 Å². The van der Waals surface area contributed by atoms with Crippen molar-refractivity contribution in [3.8, 4) is 0 Å². The number of hydrogen-bond acceptors (Lipinski definition) is 5. The molecule has 1 aliphatic heterocycles. The maximum Gasteiger partial charge on any atom is 0.244 e. The number of nitrogens with one attached hydrogen (secondary N) is 2. The van der Waals surface area contributed by atoms with Gasteiger partial charge in [-0.2, -0.15) is 4.98 Å². The largest absolute Gasteiger partial charge is 0.340 e. The second-order valence-electron chi connectivity index (χ2n) is 5.33. The van der Waals surface area contributed by atoms with Crippen LogP contribution >= 0.6 is 11.3 Å². The van der Waals surface area contributed by atoms with Gasteiger partial charge in [0.15, 0.2) is 0 Å². The first-order valence-electron chi connectivity index (χ1n) is 7.18. The second kappa shape index (κ2) is 6.37. The Kier molecular flexibility index (Phi) is 4.32. The fraction of sp³-hybridized carbons (Fsp3) is 0.571. The Bertz CT molecular complexity index is 513. The van der Waals surface area contributed by atoms with Crippen LogP contribution in [0, 0.1) is 5.92 Å². The summed E-state index contributed by atoms with van der Waals surface area (Å²) in [6.07, 6.45) is 3.28. The van der Waals surface area contributed by atoms with Crippen molar-refractivity contribution in [2.24, 2.45) is 5.92 Å². The molecule has 1 aliphatic rings. The molecular formula is C14H21N5S. The van der Waals surface area contributed by atoms with Crippen molar-refractivity contribution in [3.05, 3.63) is 28.2 Å². The van der Waals surface area contributed by atoms with Gasteiger partial charge in [-0.05, 0) is 43.8 Å². The molecule has 0 bridgehead atoms. The molecule has 0 saturated carbocycles. The lowest BCUT2D eigenvalue weighted by Gasteiger charge is -2.30. The summed E-state index contributed by atoms with van der Waals surface area (Å²) < 4.78 is 0. The van der Waals surface area contributed by atoms with Gasteiger partial charge in [-0.25, -0.2) is 0 Å². The van der Waals surface area contributed by atoms with Crippen LogP contribution in [0.25, 0.3) is 0 Å². The van der Waals surface area contributed by atoms with E-state index in [2.05, 4.69) is 42.9 Å². The maximum absolute atomic E-state index is 4.63. The van der Waals surface area contributed by atoms with Gasteiger partial charge >= 0.3 is 0 Å². The van der Waals surface area contributed by atoms with Gasteiger partial charge in [0.1, 0.15) is 5.82 Å². The molecule has 108 valence electrons. The lowest BCUT2D eigenvalue weighted by Crippen LogP contribution is -2.37. The van der Waals surface area contributed by atoms with Crippen LogP contribution in [0.5, 0.6) is 0 Å². The van der Waals surface area contributed by atoms with Crippen LogP contribution < -0.4 is 10.2 Å². The molecule has 0 aromatic carbocycles. The first kappa shape index (κ1) is 13.6. The fourth-order valence-electron chi connectivity index (χ4n) is 2.71. The number of thiophene rings is 1. The highest BCUT2D eigenvalue weighted by molar-refractivity contribution is 7.09. The average molecular weight is 291 g/mol. The Morgan fingerprint density at radius 2 is 2.30 bits per heavy atom. The monoisotopic (exact) mass is 291 g/mol. The van der Waals surface area contributed by atoms with Crippen LogP contribution in [0.1, 0.15) is 23.5 Å². The summed E-state index contributed by atoms with van der Waals surface area (Å²) in [6, 6.07) is 4.21. The topological polar surface area (TPSA) is 56.8 Å². The number of aromatic amines is 1. The van der Waals surface area contributed by atoms with Gasteiger partial charge in [0.05, 0.1) is 0 Å². The molecule has 6 heteroatoms. The molecule has 5 nitrogen and oxygen atoms in total. The van der Waals surface area contributed by atoms with E-state index in [0.29, 0.717) is 0 Å². The van der Waals surface area contributed by atoms with Crippen molar-refractivity contribution < 1.29 is 0 Å². The molecule has 0 amide bonds. The lowest BCUT2D eigenvalue weighted by atomic mass is 9.97. The Morgan fingerprint density at radius 1 is 1.45 bits per heavy atom. The number of anilines is 1. The molecule has 3 rings (SSSR count). The number of rotatable bonds is 5. The Hall–Kier alpha value is -1.40. The summed E-state index contributed by atoms with van der Waals surface area (Å²) in [5.74, 6) is 2.61. The molecule has 1 fully saturated rings. The molecule has 20 heavy (non-hydrogen) atoms. The lowest BCUT2D eigenvalue weighted by molar-refractivity contribution is 0.391. The van der Waals surface area contributed by atoms with Gasteiger partial charge in [0.2, 0.25) is 5.95 Å². The molecule has 1 saturated heterocycles. The minimum atomic E-state index is 0.792. The van der Waals surface area contributed by atoms with Crippen molar-refractivity contribution in [1.29, 1.82) is 0 Å². The Balaban J connectivity index is 1.57. The normalized spacial score (nSPS) is 16.8. The number of H-pyrrole nitrogens is 1. The summed E-state index contributed by atoms with van der Waals surface area (Å²) in [7, 11) is 2.03. The van der Waals surface area contributed by atoms with Gasteiger partial charge in [-0.15, -0.1) is 16.4 Å². The first-order chi connectivity index (χ1) is 9.85. The van der Waals surface area contributed by atoms with Crippen LogP contribution in [0.4, 0.5) is 5.95 Å². The average Bonchev–Trinajstić information content (AvgIpc) is 3.12. The summed E-state index contributed by atoms with van der Waals surface area (Å²) in [6.45, 7) is 3.23. The maximum atomic E-state index is 4.63. The van der Waals surface area contributed by atoms with E-state index in [9.17, 15) is 0 Å². The zero-order valence-electron chi connectivity index (χ0n) is 11.8. The number of aromatic nitrogens is 3. The Labute approximate surface area is 123 Å². The van der Waals surface area contributed by atoms with Crippen molar-refractivity contribution in [2.45, 2.75) is 19.3 Å². The SMILES string of the molecule is CNCC1CCN(c2n[nH]c(Cc3cccs3)n2)CC1. The van der Waals surface area contributed by atoms with Crippen molar-refractivity contribution in [2.75, 3.05) is 31.6 Å². The number of nitrogens with zero attached hydrogens (tertiary/aromatic N) is 3. The molecule has 0 radical (unpaired) electrons. The van der Waals surface area contributed by atoms with E-state index in [1.165, 1.54) is 17.7 Å². The molecule has 3 heterocycles. The van der Waals surface area contributed by atoms with Gasteiger partial charge in [0, 0.05) is 24.4 Å². The smallest absolute Gasteiger partial charge is 0.244 e. The Morgan fingerprint density at radius 3 is 3.00 bits per heavy atom. The zero-order chi connectivity index (χ0) is 13.8. The van der Waals surface area contributed by atoms with E-state index in [1.807, 2.05) is 7.05 Å². The van der Waals surface area contributed by atoms with Crippen LogP contribution in [0.15, 0.2) is 17.5 Å². The summed E-state index contributed by atoms with van der Waals surface area (Å²) in [4.78, 5) is 8.24. The highest BCUT2D eigenvalue weighted by Crippen LogP contribution is 2.21. The highest BCUT2D eigenvalue weighted by atomic mass is 32.1. The van der Waals surface area contributed by atoms with Gasteiger partial charge in [0.25, 0.3) is 0 Å². The molecule has 0 atom stereocenters. The van der Waals surface area contributed by atoms with Crippen LogP contribution in [-0.2, 0) is 6.42 Å². The van der Waals surface area contributed by atoms with Gasteiger partial charge < -0.3 is 10.2 Å². The first-order valence-corrected chi connectivity index (χ1v) is 8.06. The minimum absolute atomic E-state index is 0.792. The molecule has 0 spiro atoms. The third-order valence-corrected chi connectivity index (χ3v) is 4.71. The van der Waals surface area contributed by atoms with E-state index in [0.717, 1.165) is 43.7 Å². The second-order valence-corrected chi connectivity index (χ2v) is 6.36. The van der Waals surface area contributed by atoms with E-state index < -0.39 is 0 Å². The molecule has 0 aliphatic carbocycles. The van der Waals surface area contributed by atoms with Crippen LogP contribution in [0.3, 0.4) is 0 Å². The molecule has 2 N–H and O–H groups in total. The molecular weight excluding hydrogens is 270 g/mol. The minimum Gasteiger partial charge on any atom is -0.340 e. The number of hydrogen-bond donors (Lipinski definition) is 2. The van der Waals surface area contributed by atoms with Crippen LogP contribution in [0.2, 0.25) is 0 Å². The van der Waals surface area contributed by atoms with E-state index in [1.54, 1.807) is 11.3 Å². The predicted octanol–water partition coefficient (Wildman–Crippen LogP) is 1.89. The van der Waals surface area contributed by atoms with Gasteiger partial charge in [-0.1, -0.05) is 6.07 Å². The van der Waals surface area contributed by atoms with Crippen molar-refractivity contribution >= 4 is 17.3 Å². The molecule has 2 aromatic rings. The number of piperidine rings is 1. The standard InChI is InChI=1S/C14H21N5S/c1-15-10-11-4-6-19(7-5-11)14-16-13(17-18-14)9-12-3-2-8-20-12/h2-3,8,11,15H,4-7,9-10H2,1H3,(H,16,17,18). The van der Waals surface area contributed by atoms with E-state index >= 15 is 0 Å². The summed E-state index contributed by atoms with van der Waals surface area (Å²) >= 11 is 1.76. The highest BCUT2D eigenvalue weighted by Gasteiger charge is 2.21. The zero-order valence-corrected chi connectivity index (χ0v) is 12.6. The molecule has 0 unspecified atom stereocenters. The van der Waals surface area contributed by atoms with E-state index in [4.69, 9.17) is 0 Å². The fourth-order valence-corrected chi connectivity index (χ4v) is 3.42. The quantitative estimate of drug-likeness (QED) is 0.883. The molecule has 2 aromatic heterocycles. The predicted molar refractivity (Wildman–Crippen MR) is 82.4 cm³/mol.